The molecule has 3 aromatic rings. The minimum atomic E-state index is -0.620. The number of aryl methyl sites for hydroxylation is 1. The minimum absolute atomic E-state index is 0.0766. The van der Waals surface area contributed by atoms with Gasteiger partial charge >= 0.3 is 0 Å². The van der Waals surface area contributed by atoms with E-state index in [9.17, 15) is 14.0 Å². The van der Waals surface area contributed by atoms with Crippen molar-refractivity contribution < 1.29 is 28.2 Å². The number of carbonyl (C=O) groups is 2. The number of benzene rings is 3. The van der Waals surface area contributed by atoms with Crippen molar-refractivity contribution in [1.82, 2.24) is 5.32 Å². The maximum atomic E-state index is 13.9. The summed E-state index contributed by atoms with van der Waals surface area (Å²) in [5, 5.41) is 5.50. The molecule has 0 radical (unpaired) electrons. The molecule has 3 aromatic carbocycles. The summed E-state index contributed by atoms with van der Waals surface area (Å²) in [6.45, 7) is 1.96. The Morgan fingerprint density at radius 1 is 0.848 bits per heavy atom. The van der Waals surface area contributed by atoms with Gasteiger partial charge in [0.15, 0.2) is 11.5 Å². The summed E-state index contributed by atoms with van der Waals surface area (Å²) in [4.78, 5) is 25.3. The van der Waals surface area contributed by atoms with Gasteiger partial charge in [0.1, 0.15) is 11.6 Å². The molecule has 8 heteroatoms. The number of hydrogen-bond donors (Lipinski definition) is 2. The second-order valence-corrected chi connectivity index (χ2v) is 7.17. The topological polar surface area (TPSA) is 85.9 Å². The molecular weight excluding hydrogens is 427 g/mol. The van der Waals surface area contributed by atoms with Gasteiger partial charge in [-0.1, -0.05) is 18.2 Å². The summed E-state index contributed by atoms with van der Waals surface area (Å²) in [7, 11) is 4.58. The number of hydrogen-bond acceptors (Lipinski definition) is 5. The minimum Gasteiger partial charge on any atom is -0.496 e. The van der Waals surface area contributed by atoms with Gasteiger partial charge in [0.2, 0.25) is 0 Å². The van der Waals surface area contributed by atoms with Crippen molar-refractivity contribution in [3.63, 3.8) is 0 Å². The van der Waals surface area contributed by atoms with Gasteiger partial charge in [-0.2, -0.15) is 0 Å². The van der Waals surface area contributed by atoms with Crippen molar-refractivity contribution in [2.75, 3.05) is 26.6 Å². The van der Waals surface area contributed by atoms with E-state index in [1.54, 1.807) is 43.3 Å². The highest BCUT2D eigenvalue weighted by Gasteiger charge is 2.16. The Hall–Kier alpha value is -4.07. The number of nitrogens with one attached hydrogen (secondary N) is 2. The second kappa shape index (κ2) is 10.5. The summed E-state index contributed by atoms with van der Waals surface area (Å²) in [5.41, 5.74) is 2.11. The van der Waals surface area contributed by atoms with E-state index >= 15 is 0 Å². The molecule has 0 aliphatic heterocycles. The first-order chi connectivity index (χ1) is 15.9. The maximum Gasteiger partial charge on any atom is 0.258 e. The highest BCUT2D eigenvalue weighted by molar-refractivity contribution is 6.05. The molecule has 0 spiro atoms. The Bertz CT molecular complexity index is 1180. The zero-order valence-electron chi connectivity index (χ0n) is 18.8. The molecule has 0 aliphatic carbocycles. The second-order valence-electron chi connectivity index (χ2n) is 7.17. The van der Waals surface area contributed by atoms with Crippen molar-refractivity contribution in [2.45, 2.75) is 13.5 Å². The van der Waals surface area contributed by atoms with Crippen LogP contribution in [-0.2, 0) is 6.54 Å². The summed E-state index contributed by atoms with van der Waals surface area (Å²) < 4.78 is 29.9. The molecule has 0 aromatic heterocycles. The van der Waals surface area contributed by atoms with Crippen molar-refractivity contribution in [1.29, 1.82) is 0 Å². The van der Waals surface area contributed by atoms with E-state index in [2.05, 4.69) is 10.6 Å². The van der Waals surface area contributed by atoms with E-state index in [-0.39, 0.29) is 18.0 Å². The molecule has 0 saturated carbocycles. The van der Waals surface area contributed by atoms with E-state index in [0.717, 1.165) is 5.56 Å². The summed E-state index contributed by atoms with van der Waals surface area (Å²) in [6.07, 6.45) is 0. The molecule has 172 valence electrons. The third-order valence-corrected chi connectivity index (χ3v) is 5.09. The standard InChI is InChI=1S/C25H25FN2O5/c1-15-9-10-16(11-20(15)28-25(30)18-7-5-6-8-19(18)26)24(29)27-14-17-12-22(32-3)23(33-4)13-21(17)31-2/h5-13H,14H2,1-4H3,(H,27,29)(H,28,30). The molecule has 0 heterocycles. The van der Waals surface area contributed by atoms with Crippen LogP contribution < -0.4 is 24.8 Å². The summed E-state index contributed by atoms with van der Waals surface area (Å²) in [6, 6.07) is 14.0. The summed E-state index contributed by atoms with van der Waals surface area (Å²) >= 11 is 0. The lowest BCUT2D eigenvalue weighted by Gasteiger charge is -2.15. The van der Waals surface area contributed by atoms with E-state index in [0.29, 0.717) is 34.1 Å². The quantitative estimate of drug-likeness (QED) is 0.531. The molecule has 0 atom stereocenters. The zero-order chi connectivity index (χ0) is 24.0. The lowest BCUT2D eigenvalue weighted by atomic mass is 10.1. The van der Waals surface area contributed by atoms with Crippen LogP contribution in [-0.4, -0.2) is 33.1 Å². The highest BCUT2D eigenvalue weighted by atomic mass is 19.1. The number of rotatable bonds is 8. The van der Waals surface area contributed by atoms with Crippen molar-refractivity contribution in [3.05, 3.63) is 82.7 Å². The molecule has 33 heavy (non-hydrogen) atoms. The van der Waals surface area contributed by atoms with Crippen molar-refractivity contribution in [2.24, 2.45) is 0 Å². The Balaban J connectivity index is 1.76. The highest BCUT2D eigenvalue weighted by Crippen LogP contribution is 2.34. The predicted molar refractivity (Wildman–Crippen MR) is 123 cm³/mol. The van der Waals surface area contributed by atoms with Gasteiger partial charge in [-0.25, -0.2) is 4.39 Å². The first kappa shape index (κ1) is 23.6. The van der Waals surface area contributed by atoms with Crippen LogP contribution in [0.4, 0.5) is 10.1 Å². The van der Waals surface area contributed by atoms with E-state index in [4.69, 9.17) is 14.2 Å². The Kier molecular flexibility index (Phi) is 7.50. The van der Waals surface area contributed by atoms with Gasteiger partial charge in [-0.3, -0.25) is 9.59 Å². The molecule has 0 unspecified atom stereocenters. The number of anilines is 1. The Labute approximate surface area is 191 Å². The van der Waals surface area contributed by atoms with Crippen LogP contribution in [0.2, 0.25) is 0 Å². The average Bonchev–Trinajstić information content (AvgIpc) is 2.83. The van der Waals surface area contributed by atoms with Crippen LogP contribution in [0.15, 0.2) is 54.6 Å². The molecule has 0 saturated heterocycles. The molecule has 2 amide bonds. The molecular formula is C25H25FN2O5. The first-order valence-corrected chi connectivity index (χ1v) is 10.1. The van der Waals surface area contributed by atoms with Crippen LogP contribution in [0.3, 0.4) is 0 Å². The summed E-state index contributed by atoms with van der Waals surface area (Å²) in [5.74, 6) is -0.00797. The number of ether oxygens (including phenoxy) is 3. The van der Waals surface area contributed by atoms with E-state index in [1.807, 2.05) is 0 Å². The lowest BCUT2D eigenvalue weighted by molar-refractivity contribution is 0.0949. The molecule has 2 N–H and O–H groups in total. The fraction of sp³-hybridized carbons (Fsp3) is 0.200. The number of amides is 2. The van der Waals surface area contributed by atoms with Gasteiger partial charge in [0, 0.05) is 29.4 Å². The maximum absolute atomic E-state index is 13.9. The van der Waals surface area contributed by atoms with Crippen LogP contribution >= 0.6 is 0 Å². The number of halogens is 1. The number of carbonyl (C=O) groups excluding carboxylic acids is 2. The molecule has 0 fully saturated rings. The van der Waals surface area contributed by atoms with Gasteiger partial charge < -0.3 is 24.8 Å². The van der Waals surface area contributed by atoms with Crippen LogP contribution in [0, 0.1) is 12.7 Å². The normalized spacial score (nSPS) is 10.3. The van der Waals surface area contributed by atoms with E-state index < -0.39 is 11.7 Å². The SMILES string of the molecule is COc1cc(OC)c(OC)cc1CNC(=O)c1ccc(C)c(NC(=O)c2ccccc2F)c1. The lowest BCUT2D eigenvalue weighted by Crippen LogP contribution is -2.23. The van der Waals surface area contributed by atoms with E-state index in [1.165, 1.54) is 39.5 Å². The Morgan fingerprint density at radius 3 is 2.18 bits per heavy atom. The fourth-order valence-electron chi connectivity index (χ4n) is 3.24. The van der Waals surface area contributed by atoms with Crippen LogP contribution in [0.25, 0.3) is 0 Å². The van der Waals surface area contributed by atoms with Crippen LogP contribution in [0.5, 0.6) is 17.2 Å². The number of methoxy groups -OCH3 is 3. The average molecular weight is 452 g/mol. The first-order valence-electron chi connectivity index (χ1n) is 10.1. The molecule has 3 rings (SSSR count). The fourth-order valence-corrected chi connectivity index (χ4v) is 3.24. The van der Waals surface area contributed by atoms with Gasteiger partial charge in [-0.05, 0) is 42.8 Å². The van der Waals surface area contributed by atoms with Gasteiger partial charge in [-0.15, -0.1) is 0 Å². The van der Waals surface area contributed by atoms with Crippen molar-refractivity contribution in [3.8, 4) is 17.2 Å². The van der Waals surface area contributed by atoms with Gasteiger partial charge in [0.25, 0.3) is 11.8 Å². The third kappa shape index (κ3) is 5.41. The van der Waals surface area contributed by atoms with Gasteiger partial charge in [0.05, 0.1) is 26.9 Å². The third-order valence-electron chi connectivity index (χ3n) is 5.09. The predicted octanol–water partition coefficient (Wildman–Crippen LogP) is 4.34. The van der Waals surface area contributed by atoms with Crippen LogP contribution in [0.1, 0.15) is 31.8 Å². The molecule has 0 aliphatic rings. The molecule has 7 nitrogen and oxygen atoms in total. The molecule has 0 bridgehead atoms. The zero-order valence-corrected chi connectivity index (χ0v) is 18.8. The Morgan fingerprint density at radius 2 is 1.52 bits per heavy atom. The monoisotopic (exact) mass is 452 g/mol. The van der Waals surface area contributed by atoms with Crippen molar-refractivity contribution >= 4 is 17.5 Å². The largest absolute Gasteiger partial charge is 0.496 e. The smallest absolute Gasteiger partial charge is 0.258 e.